The summed E-state index contributed by atoms with van der Waals surface area (Å²) < 4.78 is 13.5. The first kappa shape index (κ1) is 10.9. The maximum atomic E-state index is 13.5. The standard InChI is InChI=1S/C12H15FN2O/c1-8-3-2-4-10(11(8)13)15-12(16)14-7-9-5-6-9/h2-4,9H,5-7H2,1H3,(H2,14,15,16). The van der Waals surface area contributed by atoms with E-state index in [2.05, 4.69) is 10.6 Å². The van der Waals surface area contributed by atoms with Gasteiger partial charge in [0.2, 0.25) is 0 Å². The lowest BCUT2D eigenvalue weighted by Gasteiger charge is -2.08. The van der Waals surface area contributed by atoms with Crippen molar-refractivity contribution < 1.29 is 9.18 Å². The molecule has 1 aliphatic rings. The lowest BCUT2D eigenvalue weighted by Crippen LogP contribution is -2.30. The minimum Gasteiger partial charge on any atom is -0.338 e. The fraction of sp³-hybridized carbons (Fsp3) is 0.417. The summed E-state index contributed by atoms with van der Waals surface area (Å²) >= 11 is 0. The quantitative estimate of drug-likeness (QED) is 0.811. The third-order valence-corrected chi connectivity index (χ3v) is 2.69. The molecule has 1 aromatic carbocycles. The van der Waals surface area contributed by atoms with Crippen LogP contribution in [0.5, 0.6) is 0 Å². The zero-order valence-electron chi connectivity index (χ0n) is 9.22. The number of carbonyl (C=O) groups is 1. The van der Waals surface area contributed by atoms with Crippen LogP contribution in [0, 0.1) is 18.7 Å². The van der Waals surface area contributed by atoms with E-state index in [0.29, 0.717) is 18.0 Å². The number of hydrogen-bond acceptors (Lipinski definition) is 1. The van der Waals surface area contributed by atoms with E-state index >= 15 is 0 Å². The van der Waals surface area contributed by atoms with Gasteiger partial charge >= 0.3 is 6.03 Å². The molecule has 4 heteroatoms. The maximum absolute atomic E-state index is 13.5. The predicted octanol–water partition coefficient (Wildman–Crippen LogP) is 2.67. The summed E-state index contributed by atoms with van der Waals surface area (Å²) in [5.74, 6) is 0.247. The first-order chi connectivity index (χ1) is 7.66. The molecule has 0 bridgehead atoms. The molecule has 1 aliphatic carbocycles. The van der Waals surface area contributed by atoms with E-state index in [1.54, 1.807) is 25.1 Å². The second kappa shape index (κ2) is 4.51. The minimum atomic E-state index is -0.371. The zero-order valence-corrected chi connectivity index (χ0v) is 9.22. The lowest BCUT2D eigenvalue weighted by atomic mass is 10.2. The van der Waals surface area contributed by atoms with Crippen LogP contribution in [0.2, 0.25) is 0 Å². The molecule has 0 saturated heterocycles. The van der Waals surface area contributed by atoms with Crippen molar-refractivity contribution in [1.29, 1.82) is 0 Å². The molecule has 1 aromatic rings. The number of benzene rings is 1. The van der Waals surface area contributed by atoms with Crippen molar-refractivity contribution in [3.63, 3.8) is 0 Å². The molecule has 0 aliphatic heterocycles. The van der Waals surface area contributed by atoms with Gasteiger partial charge in [-0.25, -0.2) is 9.18 Å². The maximum Gasteiger partial charge on any atom is 0.319 e. The molecule has 3 nitrogen and oxygen atoms in total. The first-order valence-corrected chi connectivity index (χ1v) is 5.47. The smallest absolute Gasteiger partial charge is 0.319 e. The van der Waals surface area contributed by atoms with Gasteiger partial charge in [-0.1, -0.05) is 12.1 Å². The molecule has 1 fully saturated rings. The van der Waals surface area contributed by atoms with Gasteiger partial charge in [0.1, 0.15) is 5.82 Å². The van der Waals surface area contributed by atoms with Gasteiger partial charge in [0.25, 0.3) is 0 Å². The Hall–Kier alpha value is -1.58. The number of hydrogen-bond donors (Lipinski definition) is 2. The van der Waals surface area contributed by atoms with Gasteiger partial charge in [-0.2, -0.15) is 0 Å². The van der Waals surface area contributed by atoms with E-state index < -0.39 is 0 Å². The summed E-state index contributed by atoms with van der Waals surface area (Å²) in [7, 11) is 0. The average Bonchev–Trinajstić information content (AvgIpc) is 3.06. The monoisotopic (exact) mass is 222 g/mol. The molecule has 0 heterocycles. The molecule has 0 atom stereocenters. The van der Waals surface area contributed by atoms with Crippen LogP contribution in [-0.4, -0.2) is 12.6 Å². The van der Waals surface area contributed by atoms with Crippen molar-refractivity contribution in [1.82, 2.24) is 5.32 Å². The number of amides is 2. The van der Waals surface area contributed by atoms with Crippen LogP contribution in [0.1, 0.15) is 18.4 Å². The highest BCUT2D eigenvalue weighted by Gasteiger charge is 2.21. The number of anilines is 1. The fourth-order valence-corrected chi connectivity index (χ4v) is 1.47. The summed E-state index contributed by atoms with van der Waals surface area (Å²) in [4.78, 5) is 11.4. The van der Waals surface area contributed by atoms with Gasteiger partial charge in [-0.3, -0.25) is 0 Å². The highest BCUT2D eigenvalue weighted by atomic mass is 19.1. The van der Waals surface area contributed by atoms with Crippen LogP contribution < -0.4 is 10.6 Å². The summed E-state index contributed by atoms with van der Waals surface area (Å²) in [5, 5.41) is 5.23. The van der Waals surface area contributed by atoms with Crippen molar-refractivity contribution in [2.45, 2.75) is 19.8 Å². The van der Waals surface area contributed by atoms with E-state index in [4.69, 9.17) is 0 Å². The Morgan fingerprint density at radius 1 is 1.50 bits per heavy atom. The van der Waals surface area contributed by atoms with Crippen LogP contribution in [0.15, 0.2) is 18.2 Å². The first-order valence-electron chi connectivity index (χ1n) is 5.47. The number of carbonyl (C=O) groups excluding carboxylic acids is 1. The normalized spacial score (nSPS) is 14.6. The molecule has 2 rings (SSSR count). The third kappa shape index (κ3) is 2.72. The van der Waals surface area contributed by atoms with Crippen molar-refractivity contribution in [3.8, 4) is 0 Å². The Labute approximate surface area is 94.0 Å². The zero-order chi connectivity index (χ0) is 11.5. The van der Waals surface area contributed by atoms with E-state index in [1.807, 2.05) is 0 Å². The van der Waals surface area contributed by atoms with Gasteiger partial charge in [0.05, 0.1) is 5.69 Å². The Kier molecular flexibility index (Phi) is 3.08. The van der Waals surface area contributed by atoms with Crippen molar-refractivity contribution in [2.75, 3.05) is 11.9 Å². The number of nitrogens with one attached hydrogen (secondary N) is 2. The molecule has 2 N–H and O–H groups in total. The van der Waals surface area contributed by atoms with Crippen molar-refractivity contribution in [2.24, 2.45) is 5.92 Å². The molecule has 0 spiro atoms. The van der Waals surface area contributed by atoms with Crippen LogP contribution in [0.4, 0.5) is 14.9 Å². The summed E-state index contributed by atoms with van der Waals surface area (Å²) in [5.41, 5.74) is 0.758. The average molecular weight is 222 g/mol. The molecule has 0 radical (unpaired) electrons. The second-order valence-corrected chi connectivity index (χ2v) is 4.21. The Balaban J connectivity index is 1.91. The predicted molar refractivity (Wildman–Crippen MR) is 60.9 cm³/mol. The van der Waals surface area contributed by atoms with Gasteiger partial charge in [0, 0.05) is 6.54 Å². The number of rotatable bonds is 3. The molecular formula is C12H15FN2O. The molecule has 0 aromatic heterocycles. The molecule has 16 heavy (non-hydrogen) atoms. The summed E-state index contributed by atoms with van der Waals surface area (Å²) in [6.45, 7) is 2.35. The van der Waals surface area contributed by atoms with Gasteiger partial charge in [-0.15, -0.1) is 0 Å². The minimum absolute atomic E-state index is 0.230. The Morgan fingerprint density at radius 3 is 2.94 bits per heavy atom. The molecular weight excluding hydrogens is 207 g/mol. The van der Waals surface area contributed by atoms with Gasteiger partial charge < -0.3 is 10.6 Å². The number of urea groups is 1. The topological polar surface area (TPSA) is 41.1 Å². The summed E-state index contributed by atoms with van der Waals surface area (Å²) in [6, 6.07) is 4.60. The summed E-state index contributed by atoms with van der Waals surface area (Å²) in [6.07, 6.45) is 2.36. The van der Waals surface area contributed by atoms with Crippen LogP contribution >= 0.6 is 0 Å². The highest BCUT2D eigenvalue weighted by molar-refractivity contribution is 5.89. The van der Waals surface area contributed by atoms with Crippen molar-refractivity contribution >= 4 is 11.7 Å². The van der Waals surface area contributed by atoms with Crippen LogP contribution in [0.25, 0.3) is 0 Å². The van der Waals surface area contributed by atoms with E-state index in [-0.39, 0.29) is 17.5 Å². The SMILES string of the molecule is Cc1cccc(NC(=O)NCC2CC2)c1F. The van der Waals surface area contributed by atoms with Crippen molar-refractivity contribution in [3.05, 3.63) is 29.6 Å². The van der Waals surface area contributed by atoms with E-state index in [9.17, 15) is 9.18 Å². The Bertz CT molecular complexity index is 402. The van der Waals surface area contributed by atoms with Gasteiger partial charge in [0.15, 0.2) is 0 Å². The molecule has 1 saturated carbocycles. The van der Waals surface area contributed by atoms with Crippen LogP contribution in [-0.2, 0) is 0 Å². The molecule has 0 unspecified atom stereocenters. The number of halogens is 1. The fourth-order valence-electron chi connectivity index (χ4n) is 1.47. The molecule has 86 valence electrons. The highest BCUT2D eigenvalue weighted by Crippen LogP contribution is 2.27. The Morgan fingerprint density at radius 2 is 2.25 bits per heavy atom. The lowest BCUT2D eigenvalue weighted by molar-refractivity contribution is 0.251. The van der Waals surface area contributed by atoms with E-state index in [0.717, 1.165) is 0 Å². The largest absolute Gasteiger partial charge is 0.338 e. The number of aryl methyl sites for hydroxylation is 1. The molecule has 2 amide bonds. The third-order valence-electron chi connectivity index (χ3n) is 2.69. The van der Waals surface area contributed by atoms with Gasteiger partial charge in [-0.05, 0) is 37.3 Å². The second-order valence-electron chi connectivity index (χ2n) is 4.21. The van der Waals surface area contributed by atoms with E-state index in [1.165, 1.54) is 12.8 Å². The van der Waals surface area contributed by atoms with Crippen LogP contribution in [0.3, 0.4) is 0 Å².